The summed E-state index contributed by atoms with van der Waals surface area (Å²) >= 11 is 0. The van der Waals surface area contributed by atoms with Crippen LogP contribution in [-0.2, 0) is 27.9 Å². The van der Waals surface area contributed by atoms with Gasteiger partial charge in [0.05, 0.1) is 16.9 Å². The minimum absolute atomic E-state index is 0.0845. The lowest BCUT2D eigenvalue weighted by atomic mass is 10.1. The molecule has 1 saturated heterocycles. The molecule has 0 aliphatic carbocycles. The predicted octanol–water partition coefficient (Wildman–Crippen LogP) is 3.05. The number of anilines is 1. The van der Waals surface area contributed by atoms with Crippen LogP contribution >= 0.6 is 0 Å². The van der Waals surface area contributed by atoms with E-state index in [1.54, 1.807) is 6.92 Å². The summed E-state index contributed by atoms with van der Waals surface area (Å²) in [6, 6.07) is 12.3. The number of non-ortho nitro benzene ring substituents is 1. The first kappa shape index (κ1) is 24.7. The molecule has 2 aromatic rings. The van der Waals surface area contributed by atoms with Crippen LogP contribution in [0.4, 0.5) is 11.4 Å². The van der Waals surface area contributed by atoms with E-state index in [1.165, 1.54) is 42.7 Å². The molecule has 2 aromatic carbocycles. The molecule has 0 radical (unpaired) electrons. The molecule has 0 unspecified atom stereocenters. The number of nitro benzene ring substituents is 1. The van der Waals surface area contributed by atoms with Crippen molar-refractivity contribution in [3.63, 3.8) is 0 Å². The van der Waals surface area contributed by atoms with Crippen LogP contribution in [-0.4, -0.2) is 49.5 Å². The van der Waals surface area contributed by atoms with Crippen LogP contribution in [0.5, 0.6) is 0 Å². The van der Waals surface area contributed by atoms with Crippen LogP contribution in [0.2, 0.25) is 0 Å². The number of nitrogens with one attached hydrogen (secondary N) is 1. The highest BCUT2D eigenvalue weighted by Gasteiger charge is 2.32. The van der Waals surface area contributed by atoms with E-state index in [4.69, 9.17) is 0 Å². The number of likely N-dealkylation sites (tertiary alicyclic amines) is 1. The van der Waals surface area contributed by atoms with Crippen molar-refractivity contribution in [3.8, 4) is 0 Å². The highest BCUT2D eigenvalue weighted by Crippen LogP contribution is 2.26. The average Bonchev–Trinajstić information content (AvgIpc) is 3.28. The number of hydrogen-bond donors (Lipinski definition) is 1. The van der Waals surface area contributed by atoms with Gasteiger partial charge >= 0.3 is 0 Å². The van der Waals surface area contributed by atoms with Gasteiger partial charge in [0.15, 0.2) is 0 Å². The summed E-state index contributed by atoms with van der Waals surface area (Å²) in [4.78, 5) is 26.0. The second-order valence-corrected chi connectivity index (χ2v) is 10.1. The van der Waals surface area contributed by atoms with Crippen molar-refractivity contribution in [1.82, 2.24) is 10.2 Å². The van der Waals surface area contributed by atoms with Crippen molar-refractivity contribution in [2.24, 2.45) is 0 Å². The molecule has 33 heavy (non-hydrogen) atoms. The standard InChI is InChI=1S/C23H30N4O5S/c1-3-22(26(33(2,31)32)20-10-7-11-21(15-20)27(29)30)23(28)24-16-18-8-6-9-19(14-18)17-25-12-4-5-13-25/h6-11,14-15,22H,3-5,12-13,16-17H2,1-2H3,(H,24,28)/t22-/m0/s1. The topological polar surface area (TPSA) is 113 Å². The Morgan fingerprint density at radius 1 is 1.15 bits per heavy atom. The van der Waals surface area contributed by atoms with Crippen molar-refractivity contribution in [2.75, 3.05) is 23.7 Å². The van der Waals surface area contributed by atoms with E-state index in [-0.39, 0.29) is 24.3 Å². The Hall–Kier alpha value is -2.98. The fourth-order valence-electron chi connectivity index (χ4n) is 4.15. The van der Waals surface area contributed by atoms with Crippen LogP contribution in [0.25, 0.3) is 0 Å². The van der Waals surface area contributed by atoms with E-state index in [2.05, 4.69) is 22.3 Å². The van der Waals surface area contributed by atoms with Gasteiger partial charge in [-0.3, -0.25) is 24.1 Å². The molecule has 1 amide bonds. The fraction of sp³-hybridized carbons (Fsp3) is 0.435. The lowest BCUT2D eigenvalue weighted by molar-refractivity contribution is -0.384. The monoisotopic (exact) mass is 474 g/mol. The van der Waals surface area contributed by atoms with Gasteiger partial charge in [0, 0.05) is 25.2 Å². The number of hydrogen-bond acceptors (Lipinski definition) is 6. The van der Waals surface area contributed by atoms with E-state index >= 15 is 0 Å². The van der Waals surface area contributed by atoms with Crippen molar-refractivity contribution < 1.29 is 18.1 Å². The molecule has 1 fully saturated rings. The summed E-state index contributed by atoms with van der Waals surface area (Å²) in [5.41, 5.74) is 1.94. The minimum atomic E-state index is -3.88. The second kappa shape index (κ2) is 10.8. The molecule has 1 aliphatic rings. The Balaban J connectivity index is 1.75. The van der Waals surface area contributed by atoms with Gasteiger partial charge in [-0.05, 0) is 49.5 Å². The molecular formula is C23H30N4O5S. The predicted molar refractivity (Wildman–Crippen MR) is 127 cm³/mol. The van der Waals surface area contributed by atoms with Crippen LogP contribution in [0.3, 0.4) is 0 Å². The summed E-state index contributed by atoms with van der Waals surface area (Å²) in [6.07, 6.45) is 3.63. The number of nitro groups is 1. The van der Waals surface area contributed by atoms with Gasteiger partial charge in [-0.2, -0.15) is 0 Å². The molecule has 3 rings (SSSR count). The normalized spacial score (nSPS) is 15.2. The first-order valence-electron chi connectivity index (χ1n) is 11.0. The van der Waals surface area contributed by atoms with E-state index in [0.717, 1.165) is 35.8 Å². The van der Waals surface area contributed by atoms with Crippen molar-refractivity contribution >= 4 is 27.3 Å². The largest absolute Gasteiger partial charge is 0.350 e. The molecule has 0 bridgehead atoms. The minimum Gasteiger partial charge on any atom is -0.350 e. The highest BCUT2D eigenvalue weighted by molar-refractivity contribution is 7.92. The van der Waals surface area contributed by atoms with Gasteiger partial charge in [-0.25, -0.2) is 8.42 Å². The summed E-state index contributed by atoms with van der Waals surface area (Å²) in [7, 11) is -3.88. The summed E-state index contributed by atoms with van der Waals surface area (Å²) in [6.45, 7) is 5.02. The van der Waals surface area contributed by atoms with Gasteiger partial charge in [0.1, 0.15) is 6.04 Å². The SMILES string of the molecule is CC[C@@H](C(=O)NCc1cccc(CN2CCCC2)c1)N(c1cccc([N+](=O)[O-])c1)S(C)(=O)=O. The molecule has 1 atom stereocenters. The van der Waals surface area contributed by atoms with Gasteiger partial charge in [0.25, 0.3) is 5.69 Å². The van der Waals surface area contributed by atoms with Gasteiger partial charge in [-0.15, -0.1) is 0 Å². The number of rotatable bonds is 10. The molecule has 178 valence electrons. The molecule has 9 nitrogen and oxygen atoms in total. The maximum Gasteiger partial charge on any atom is 0.271 e. The maximum absolute atomic E-state index is 13.0. The number of sulfonamides is 1. The summed E-state index contributed by atoms with van der Waals surface area (Å²) in [5, 5.41) is 14.0. The lowest BCUT2D eigenvalue weighted by Crippen LogP contribution is -2.49. The maximum atomic E-state index is 13.0. The highest BCUT2D eigenvalue weighted by atomic mass is 32.2. The Kier molecular flexibility index (Phi) is 8.04. The van der Waals surface area contributed by atoms with Gasteiger partial charge in [0.2, 0.25) is 15.9 Å². The average molecular weight is 475 g/mol. The molecule has 10 heteroatoms. The molecule has 1 heterocycles. The fourth-order valence-corrected chi connectivity index (χ4v) is 5.35. The molecule has 1 N–H and O–H groups in total. The second-order valence-electron chi connectivity index (χ2n) is 8.28. The molecule has 1 aliphatic heterocycles. The molecular weight excluding hydrogens is 444 g/mol. The third kappa shape index (κ3) is 6.52. The number of nitrogens with zero attached hydrogens (tertiary/aromatic N) is 3. The number of carbonyl (C=O) groups excluding carboxylic acids is 1. The van der Waals surface area contributed by atoms with Crippen molar-refractivity contribution in [1.29, 1.82) is 0 Å². The molecule has 0 spiro atoms. The van der Waals surface area contributed by atoms with Crippen molar-refractivity contribution in [2.45, 2.75) is 45.3 Å². The number of amides is 1. The third-order valence-electron chi connectivity index (χ3n) is 5.69. The van der Waals surface area contributed by atoms with Crippen LogP contribution < -0.4 is 9.62 Å². The summed E-state index contributed by atoms with van der Waals surface area (Å²) in [5.74, 6) is -0.459. The van der Waals surface area contributed by atoms with E-state index in [9.17, 15) is 23.3 Å². The van der Waals surface area contributed by atoms with E-state index in [1.807, 2.05) is 12.1 Å². The third-order valence-corrected chi connectivity index (χ3v) is 6.87. The first-order chi connectivity index (χ1) is 15.7. The number of carbonyl (C=O) groups is 1. The van der Waals surface area contributed by atoms with Crippen LogP contribution in [0, 0.1) is 10.1 Å². The first-order valence-corrected chi connectivity index (χ1v) is 12.9. The number of benzene rings is 2. The van der Waals surface area contributed by atoms with E-state index < -0.39 is 26.9 Å². The zero-order chi connectivity index (χ0) is 24.0. The Morgan fingerprint density at radius 2 is 1.82 bits per heavy atom. The zero-order valence-corrected chi connectivity index (χ0v) is 19.8. The van der Waals surface area contributed by atoms with E-state index in [0.29, 0.717) is 0 Å². The lowest BCUT2D eigenvalue weighted by Gasteiger charge is -2.30. The van der Waals surface area contributed by atoms with Gasteiger partial charge < -0.3 is 5.32 Å². The Labute approximate surface area is 194 Å². The quantitative estimate of drug-likeness (QED) is 0.418. The van der Waals surface area contributed by atoms with Crippen LogP contribution in [0.1, 0.15) is 37.3 Å². The Bertz CT molecular complexity index is 1100. The van der Waals surface area contributed by atoms with Gasteiger partial charge in [-0.1, -0.05) is 37.3 Å². The van der Waals surface area contributed by atoms with Crippen molar-refractivity contribution in [3.05, 3.63) is 69.8 Å². The van der Waals surface area contributed by atoms with Crippen LogP contribution in [0.15, 0.2) is 48.5 Å². The zero-order valence-electron chi connectivity index (χ0n) is 18.9. The Morgan fingerprint density at radius 3 is 2.45 bits per heavy atom. The molecule has 0 aromatic heterocycles. The summed E-state index contributed by atoms with van der Waals surface area (Å²) < 4.78 is 26.1. The smallest absolute Gasteiger partial charge is 0.271 e. The molecule has 0 saturated carbocycles.